The molecule has 0 heterocycles. The Balaban J connectivity index is 6.72. The van der Waals surface area contributed by atoms with Crippen molar-refractivity contribution in [2.75, 3.05) is 0 Å². The van der Waals surface area contributed by atoms with E-state index < -0.39 is 65.7 Å². The van der Waals surface area contributed by atoms with E-state index in [-0.39, 0.29) is 13.8 Å². The van der Waals surface area contributed by atoms with Crippen molar-refractivity contribution in [1.82, 2.24) is 0 Å². The van der Waals surface area contributed by atoms with Gasteiger partial charge in [-0.1, -0.05) is 0 Å². The third-order valence-electron chi connectivity index (χ3n) is 3.85. The van der Waals surface area contributed by atoms with Crippen LogP contribution in [0.2, 0.25) is 0 Å². The fraction of sp³-hybridized carbons (Fsp3) is 0.769. The van der Waals surface area contributed by atoms with E-state index in [0.717, 1.165) is 0 Å². The SMILES string of the molecule is C/C(C(=O)O)=C(/C)C(F)(F)C(F)(F)C(F)(F)C(F)(F)C(F)(F)C(F)(F)C(C)F. The Kier molecular flexibility index (Phi) is 6.55. The van der Waals surface area contributed by atoms with Gasteiger partial charge in [-0.15, -0.1) is 0 Å². The standard InChI is InChI=1S/C13H11F13O2/c1-4(7(27)28)5(2)8(15,16)10(19,20)12(23,24)13(25,26)11(21,22)9(17,18)6(3)14/h6H,1-3H3,(H,27,28)/b5-4+. The van der Waals surface area contributed by atoms with Gasteiger partial charge < -0.3 is 5.11 Å². The lowest BCUT2D eigenvalue weighted by molar-refractivity contribution is -0.425. The summed E-state index contributed by atoms with van der Waals surface area (Å²) in [6.45, 7) is -0.522. The van der Waals surface area contributed by atoms with Gasteiger partial charge in [0.2, 0.25) is 0 Å². The number of hydrogen-bond donors (Lipinski definition) is 1. The molecular weight excluding hydrogens is 435 g/mol. The van der Waals surface area contributed by atoms with Crippen LogP contribution in [-0.2, 0) is 4.79 Å². The van der Waals surface area contributed by atoms with Gasteiger partial charge in [-0.05, 0) is 20.8 Å². The number of rotatable bonds is 8. The third-order valence-corrected chi connectivity index (χ3v) is 3.85. The maximum absolute atomic E-state index is 13.7. The molecule has 0 saturated heterocycles. The summed E-state index contributed by atoms with van der Waals surface area (Å²) >= 11 is 0. The second-order valence-electron chi connectivity index (χ2n) is 5.67. The number of halogens is 13. The van der Waals surface area contributed by atoms with Crippen molar-refractivity contribution in [1.29, 1.82) is 0 Å². The lowest BCUT2D eigenvalue weighted by Crippen LogP contribution is -2.71. The van der Waals surface area contributed by atoms with E-state index >= 15 is 0 Å². The molecule has 1 atom stereocenters. The summed E-state index contributed by atoms with van der Waals surface area (Å²) < 4.78 is 173. The second kappa shape index (κ2) is 6.97. The number of alkyl halides is 13. The van der Waals surface area contributed by atoms with Gasteiger partial charge in [0.05, 0.1) is 0 Å². The van der Waals surface area contributed by atoms with Crippen LogP contribution >= 0.6 is 0 Å². The fourth-order valence-corrected chi connectivity index (χ4v) is 1.68. The Labute approximate surface area is 148 Å². The minimum atomic E-state index is -7.89. The lowest BCUT2D eigenvalue weighted by atomic mass is 9.87. The zero-order valence-electron chi connectivity index (χ0n) is 13.8. The molecule has 0 fully saturated rings. The normalized spacial score (nSPS) is 17.3. The highest BCUT2D eigenvalue weighted by Crippen LogP contribution is 2.61. The summed E-state index contributed by atoms with van der Waals surface area (Å²) in [6.07, 6.45) is -4.27. The lowest BCUT2D eigenvalue weighted by Gasteiger charge is -2.41. The van der Waals surface area contributed by atoms with Crippen LogP contribution in [0.15, 0.2) is 11.1 Å². The first-order valence-corrected chi connectivity index (χ1v) is 6.78. The number of carbonyl (C=O) groups is 1. The first-order valence-electron chi connectivity index (χ1n) is 6.78. The smallest absolute Gasteiger partial charge is 0.385 e. The van der Waals surface area contributed by atoms with Crippen molar-refractivity contribution in [3.63, 3.8) is 0 Å². The summed E-state index contributed by atoms with van der Waals surface area (Å²) in [5.74, 6) is -46.4. The van der Waals surface area contributed by atoms with Gasteiger partial charge in [0.1, 0.15) is 0 Å². The molecule has 0 bridgehead atoms. The number of aliphatic carboxylic acids is 1. The number of carboxylic acid groups (broad SMARTS) is 1. The molecule has 0 spiro atoms. The summed E-state index contributed by atoms with van der Waals surface area (Å²) in [7, 11) is 0. The first kappa shape index (κ1) is 26.3. The molecule has 0 aliphatic carbocycles. The zero-order chi connectivity index (χ0) is 23.3. The van der Waals surface area contributed by atoms with Gasteiger partial charge in [-0.3, -0.25) is 0 Å². The van der Waals surface area contributed by atoms with Crippen LogP contribution in [0.25, 0.3) is 0 Å². The highest BCUT2D eigenvalue weighted by Gasteiger charge is 2.90. The molecule has 0 aromatic rings. The Morgan fingerprint density at radius 2 is 1.04 bits per heavy atom. The zero-order valence-corrected chi connectivity index (χ0v) is 13.8. The van der Waals surface area contributed by atoms with Gasteiger partial charge in [-0.25, -0.2) is 9.18 Å². The average molecular weight is 446 g/mol. The van der Waals surface area contributed by atoms with Crippen LogP contribution in [0.5, 0.6) is 0 Å². The van der Waals surface area contributed by atoms with E-state index in [1.54, 1.807) is 0 Å². The number of carboxylic acids is 1. The van der Waals surface area contributed by atoms with Crippen molar-refractivity contribution in [2.45, 2.75) is 62.5 Å². The third kappa shape index (κ3) is 3.29. The first-order chi connectivity index (χ1) is 12.0. The number of hydrogen-bond acceptors (Lipinski definition) is 1. The van der Waals surface area contributed by atoms with E-state index in [9.17, 15) is 61.9 Å². The van der Waals surface area contributed by atoms with Crippen LogP contribution in [0.4, 0.5) is 57.1 Å². The van der Waals surface area contributed by atoms with E-state index in [2.05, 4.69) is 0 Å². The molecule has 0 rings (SSSR count). The molecule has 1 unspecified atom stereocenters. The molecule has 0 radical (unpaired) electrons. The van der Waals surface area contributed by atoms with Crippen molar-refractivity contribution >= 4 is 5.97 Å². The van der Waals surface area contributed by atoms with Crippen LogP contribution < -0.4 is 0 Å². The maximum Gasteiger partial charge on any atom is 0.385 e. The predicted octanol–water partition coefficient (Wildman–Crippen LogP) is 5.58. The molecule has 1 N–H and O–H groups in total. The van der Waals surface area contributed by atoms with Crippen molar-refractivity contribution in [2.24, 2.45) is 0 Å². The van der Waals surface area contributed by atoms with Crippen molar-refractivity contribution in [3.05, 3.63) is 11.1 Å². The quantitative estimate of drug-likeness (QED) is 0.391. The van der Waals surface area contributed by atoms with Gasteiger partial charge >= 0.3 is 41.5 Å². The Bertz CT molecular complexity index is 649. The molecule has 0 aromatic carbocycles. The average Bonchev–Trinajstić information content (AvgIpc) is 2.51. The molecule has 0 amide bonds. The van der Waals surface area contributed by atoms with E-state index in [4.69, 9.17) is 5.11 Å². The molecule has 2 nitrogen and oxygen atoms in total. The van der Waals surface area contributed by atoms with E-state index in [1.165, 1.54) is 0 Å². The highest BCUT2D eigenvalue weighted by molar-refractivity contribution is 5.87. The molecule has 15 heteroatoms. The van der Waals surface area contributed by atoms with Crippen LogP contribution in [-0.4, -0.2) is 52.8 Å². The molecule has 0 saturated carbocycles. The summed E-state index contributed by atoms with van der Waals surface area (Å²) in [5.41, 5.74) is -4.17. The topological polar surface area (TPSA) is 37.3 Å². The van der Waals surface area contributed by atoms with Gasteiger partial charge in [0, 0.05) is 11.1 Å². The second-order valence-corrected chi connectivity index (χ2v) is 5.67. The Morgan fingerprint density at radius 3 is 1.32 bits per heavy atom. The largest absolute Gasteiger partial charge is 0.478 e. The monoisotopic (exact) mass is 446 g/mol. The molecule has 0 aliphatic rings. The molecule has 166 valence electrons. The van der Waals surface area contributed by atoms with Crippen LogP contribution in [0.3, 0.4) is 0 Å². The van der Waals surface area contributed by atoms with E-state index in [1.807, 2.05) is 0 Å². The Morgan fingerprint density at radius 1 is 0.714 bits per heavy atom. The molecule has 28 heavy (non-hydrogen) atoms. The summed E-state index contributed by atoms with van der Waals surface area (Å²) in [4.78, 5) is 10.5. The summed E-state index contributed by atoms with van der Waals surface area (Å²) in [5, 5.41) is 8.41. The fourth-order valence-electron chi connectivity index (χ4n) is 1.68. The predicted molar refractivity (Wildman–Crippen MR) is 66.3 cm³/mol. The molecular formula is C13H11F13O2. The van der Waals surface area contributed by atoms with Gasteiger partial charge in [0.25, 0.3) is 0 Å². The number of allylic oxidation sites excluding steroid dienone is 1. The minimum absolute atomic E-state index is 0.172. The minimum Gasteiger partial charge on any atom is -0.478 e. The van der Waals surface area contributed by atoms with Crippen LogP contribution in [0.1, 0.15) is 20.8 Å². The summed E-state index contributed by atoms with van der Waals surface area (Å²) in [6, 6.07) is 0. The van der Waals surface area contributed by atoms with E-state index in [0.29, 0.717) is 0 Å². The van der Waals surface area contributed by atoms with Crippen molar-refractivity contribution in [3.8, 4) is 0 Å². The highest BCUT2D eigenvalue weighted by atomic mass is 19.4. The van der Waals surface area contributed by atoms with Gasteiger partial charge in [-0.2, -0.15) is 52.7 Å². The van der Waals surface area contributed by atoms with Gasteiger partial charge in [0.15, 0.2) is 6.17 Å². The maximum atomic E-state index is 13.7. The Hall–Kier alpha value is -1.70. The molecule has 0 aliphatic heterocycles. The van der Waals surface area contributed by atoms with Crippen LogP contribution in [0, 0.1) is 0 Å². The van der Waals surface area contributed by atoms with Crippen molar-refractivity contribution < 1.29 is 67.0 Å². The molecule has 0 aromatic heterocycles.